The number of amides is 1. The Kier molecular flexibility index (Phi) is 4.64. The highest BCUT2D eigenvalue weighted by Gasteiger charge is 2.33. The molecule has 0 unspecified atom stereocenters. The second-order valence-corrected chi connectivity index (χ2v) is 7.09. The number of halogens is 3. The average Bonchev–Trinajstić information content (AvgIpc) is 3.33. The molecule has 3 heterocycles. The molecule has 2 aromatic heterocycles. The van der Waals surface area contributed by atoms with Gasteiger partial charge in [0.1, 0.15) is 24.0 Å². The molecule has 10 heteroatoms. The van der Waals surface area contributed by atoms with Crippen molar-refractivity contribution in [1.82, 2.24) is 24.6 Å². The number of alkyl halides is 3. The van der Waals surface area contributed by atoms with Crippen molar-refractivity contribution in [2.24, 2.45) is 0 Å². The van der Waals surface area contributed by atoms with Gasteiger partial charge in [-0.25, -0.2) is 4.98 Å². The van der Waals surface area contributed by atoms with Crippen molar-refractivity contribution in [3.63, 3.8) is 0 Å². The number of hydrogen-bond donors (Lipinski definition) is 1. The van der Waals surface area contributed by atoms with Crippen LogP contribution >= 0.6 is 0 Å². The second-order valence-electron chi connectivity index (χ2n) is 7.09. The summed E-state index contributed by atoms with van der Waals surface area (Å²) in [7, 11) is 0. The molecule has 0 atom stereocenters. The van der Waals surface area contributed by atoms with Gasteiger partial charge in [0.05, 0.1) is 5.56 Å². The number of nitrogens with one attached hydrogen (secondary N) is 1. The van der Waals surface area contributed by atoms with Crippen LogP contribution in [0.4, 0.5) is 13.2 Å². The Bertz CT molecular complexity index is 1140. The van der Waals surface area contributed by atoms with E-state index in [9.17, 15) is 22.8 Å². The zero-order valence-corrected chi connectivity index (χ0v) is 15.6. The molecule has 1 aliphatic heterocycles. The topological polar surface area (TPSA) is 83.9 Å². The van der Waals surface area contributed by atoms with Gasteiger partial charge in [0.2, 0.25) is 5.91 Å². The van der Waals surface area contributed by atoms with Crippen molar-refractivity contribution >= 4 is 16.9 Å². The molecule has 1 aliphatic rings. The number of hydrogen-bond acceptors (Lipinski definition) is 4. The first kappa shape index (κ1) is 19.2. The monoisotopic (exact) mass is 405 g/mol. The van der Waals surface area contributed by atoms with Gasteiger partial charge in [-0.15, -0.1) is 0 Å². The van der Waals surface area contributed by atoms with Crippen molar-refractivity contribution in [3.8, 4) is 11.3 Å². The SMILES string of the molecule is Cc1ccc(-c2n[nH]c3ncn(CC(=O)N4CCCC4)c(=O)c23)cc1C(F)(F)F. The molecule has 0 saturated carbocycles. The van der Waals surface area contributed by atoms with E-state index in [0.717, 1.165) is 18.9 Å². The van der Waals surface area contributed by atoms with Crippen LogP contribution in [0.5, 0.6) is 0 Å². The van der Waals surface area contributed by atoms with E-state index in [0.29, 0.717) is 13.1 Å². The molecule has 0 aliphatic carbocycles. The first-order chi connectivity index (χ1) is 13.8. The maximum atomic E-state index is 13.3. The number of likely N-dealkylation sites (tertiary alicyclic amines) is 1. The smallest absolute Gasteiger partial charge is 0.341 e. The normalized spacial score (nSPS) is 14.7. The van der Waals surface area contributed by atoms with E-state index in [2.05, 4.69) is 15.2 Å². The molecule has 1 fully saturated rings. The minimum atomic E-state index is -4.52. The van der Waals surface area contributed by atoms with Crippen LogP contribution < -0.4 is 5.56 Å². The van der Waals surface area contributed by atoms with Crippen LogP contribution in [0.25, 0.3) is 22.3 Å². The minimum Gasteiger partial charge on any atom is -0.341 e. The summed E-state index contributed by atoms with van der Waals surface area (Å²) in [5, 5.41) is 6.65. The van der Waals surface area contributed by atoms with Crippen molar-refractivity contribution in [2.45, 2.75) is 32.5 Å². The highest BCUT2D eigenvalue weighted by Crippen LogP contribution is 2.35. The Morgan fingerprint density at radius 1 is 1.24 bits per heavy atom. The lowest BCUT2D eigenvalue weighted by atomic mass is 10.0. The van der Waals surface area contributed by atoms with Gasteiger partial charge in [-0.1, -0.05) is 12.1 Å². The predicted molar refractivity (Wildman–Crippen MR) is 99.1 cm³/mol. The van der Waals surface area contributed by atoms with Gasteiger partial charge in [-0.2, -0.15) is 18.3 Å². The Morgan fingerprint density at radius 2 is 1.97 bits per heavy atom. The van der Waals surface area contributed by atoms with Gasteiger partial charge >= 0.3 is 6.18 Å². The molecular formula is C19H18F3N5O2. The lowest BCUT2D eigenvalue weighted by molar-refractivity contribution is -0.138. The fourth-order valence-electron chi connectivity index (χ4n) is 3.56. The molecule has 0 spiro atoms. The zero-order valence-electron chi connectivity index (χ0n) is 15.6. The van der Waals surface area contributed by atoms with Crippen LogP contribution in [0.1, 0.15) is 24.0 Å². The van der Waals surface area contributed by atoms with Crippen LogP contribution in [0.3, 0.4) is 0 Å². The van der Waals surface area contributed by atoms with Crippen molar-refractivity contribution < 1.29 is 18.0 Å². The van der Waals surface area contributed by atoms with Gasteiger partial charge in [0.25, 0.3) is 5.56 Å². The molecule has 1 amide bonds. The Hall–Kier alpha value is -3.17. The number of rotatable bonds is 3. The molecule has 4 rings (SSSR count). The number of aromatic nitrogens is 4. The highest BCUT2D eigenvalue weighted by atomic mass is 19.4. The molecule has 0 bridgehead atoms. The first-order valence-corrected chi connectivity index (χ1v) is 9.15. The van der Waals surface area contributed by atoms with Crippen LogP contribution in [0.15, 0.2) is 29.3 Å². The van der Waals surface area contributed by atoms with E-state index in [-0.39, 0.29) is 40.3 Å². The number of fused-ring (bicyclic) bond motifs is 1. The standard InChI is InChI=1S/C19H18F3N5O2/c1-11-4-5-12(8-13(11)19(20,21)22)16-15-17(25-24-16)23-10-27(18(15)29)9-14(28)26-6-2-3-7-26/h4-5,8,10H,2-3,6-7,9H2,1H3,(H,24,25). The van der Waals surface area contributed by atoms with Crippen molar-refractivity contribution in [3.05, 3.63) is 46.0 Å². The van der Waals surface area contributed by atoms with Crippen molar-refractivity contribution in [2.75, 3.05) is 13.1 Å². The Balaban J connectivity index is 1.77. The maximum absolute atomic E-state index is 13.3. The summed E-state index contributed by atoms with van der Waals surface area (Å²) >= 11 is 0. The number of benzene rings is 1. The average molecular weight is 405 g/mol. The highest BCUT2D eigenvalue weighted by molar-refractivity contribution is 5.90. The summed E-state index contributed by atoms with van der Waals surface area (Å²) in [4.78, 5) is 31.1. The summed E-state index contributed by atoms with van der Waals surface area (Å²) in [5.74, 6) is -0.189. The van der Waals surface area contributed by atoms with Crippen LogP contribution in [-0.2, 0) is 17.5 Å². The zero-order chi connectivity index (χ0) is 20.8. The molecule has 0 radical (unpaired) electrons. The fourth-order valence-corrected chi connectivity index (χ4v) is 3.56. The number of carbonyl (C=O) groups is 1. The second kappa shape index (κ2) is 7.02. The molecule has 1 aromatic carbocycles. The summed E-state index contributed by atoms with van der Waals surface area (Å²) in [6.07, 6.45) is -1.42. The number of nitrogens with zero attached hydrogens (tertiary/aromatic N) is 4. The number of aromatic amines is 1. The number of carbonyl (C=O) groups excluding carboxylic acids is 1. The van der Waals surface area contributed by atoms with E-state index >= 15 is 0 Å². The lowest BCUT2D eigenvalue weighted by Gasteiger charge is -2.15. The third-order valence-corrected chi connectivity index (χ3v) is 5.13. The Morgan fingerprint density at radius 3 is 2.66 bits per heavy atom. The van der Waals surface area contributed by atoms with Gasteiger partial charge in [-0.05, 0) is 31.4 Å². The first-order valence-electron chi connectivity index (χ1n) is 9.15. The quantitative estimate of drug-likeness (QED) is 0.726. The molecule has 29 heavy (non-hydrogen) atoms. The number of H-pyrrole nitrogens is 1. The summed E-state index contributed by atoms with van der Waals surface area (Å²) in [5.41, 5.74) is -0.862. The summed E-state index contributed by atoms with van der Waals surface area (Å²) < 4.78 is 41.0. The van der Waals surface area contributed by atoms with Gasteiger partial charge in [0, 0.05) is 18.7 Å². The molecule has 7 nitrogen and oxygen atoms in total. The molecule has 1 saturated heterocycles. The van der Waals surface area contributed by atoms with Gasteiger partial charge < -0.3 is 4.90 Å². The molecule has 3 aromatic rings. The largest absolute Gasteiger partial charge is 0.416 e. The van der Waals surface area contributed by atoms with E-state index in [4.69, 9.17) is 0 Å². The maximum Gasteiger partial charge on any atom is 0.416 e. The van der Waals surface area contributed by atoms with E-state index in [1.165, 1.54) is 30.0 Å². The van der Waals surface area contributed by atoms with Crippen LogP contribution in [0.2, 0.25) is 0 Å². The summed E-state index contributed by atoms with van der Waals surface area (Å²) in [6, 6.07) is 3.79. The molecule has 1 N–H and O–H groups in total. The summed E-state index contributed by atoms with van der Waals surface area (Å²) in [6.45, 7) is 2.51. The van der Waals surface area contributed by atoms with E-state index in [1.807, 2.05) is 0 Å². The molecule has 152 valence electrons. The molecular weight excluding hydrogens is 387 g/mol. The predicted octanol–water partition coefficient (Wildman–Crippen LogP) is 2.74. The van der Waals surface area contributed by atoms with Crippen LogP contribution in [-0.4, -0.2) is 43.6 Å². The van der Waals surface area contributed by atoms with Crippen molar-refractivity contribution in [1.29, 1.82) is 0 Å². The minimum absolute atomic E-state index is 0.0544. The van der Waals surface area contributed by atoms with Crippen LogP contribution in [0, 0.1) is 6.92 Å². The number of aryl methyl sites for hydroxylation is 1. The van der Waals surface area contributed by atoms with Gasteiger partial charge in [-0.3, -0.25) is 19.3 Å². The van der Waals surface area contributed by atoms with E-state index in [1.54, 1.807) is 4.90 Å². The third-order valence-electron chi connectivity index (χ3n) is 5.13. The third kappa shape index (κ3) is 3.50. The lowest BCUT2D eigenvalue weighted by Crippen LogP contribution is -2.34. The van der Waals surface area contributed by atoms with E-state index < -0.39 is 17.3 Å². The van der Waals surface area contributed by atoms with Gasteiger partial charge in [0.15, 0.2) is 5.65 Å². The Labute approximate surface area is 163 Å². The fraction of sp³-hybridized carbons (Fsp3) is 0.368.